The van der Waals surface area contributed by atoms with Crippen LogP contribution in [0.1, 0.15) is 29.4 Å². The van der Waals surface area contributed by atoms with Gasteiger partial charge in [-0.3, -0.25) is 9.59 Å². The van der Waals surface area contributed by atoms with Crippen molar-refractivity contribution in [1.82, 2.24) is 16.0 Å². The molecule has 2 amide bonds. The largest absolute Gasteiger partial charge is 0.353 e. The summed E-state index contributed by atoms with van der Waals surface area (Å²) < 4.78 is 0. The van der Waals surface area contributed by atoms with Crippen LogP contribution < -0.4 is 16.0 Å². The van der Waals surface area contributed by atoms with Gasteiger partial charge in [0.15, 0.2) is 0 Å². The smallest absolute Gasteiger partial charge is 0.261 e. The maximum absolute atomic E-state index is 11.8. The molecule has 0 aromatic carbocycles. The zero-order valence-corrected chi connectivity index (χ0v) is 13.7. The molecule has 1 aliphatic heterocycles. The highest BCUT2D eigenvalue weighted by Gasteiger charge is 2.22. The summed E-state index contributed by atoms with van der Waals surface area (Å²) in [4.78, 5) is 24.2. The van der Waals surface area contributed by atoms with Gasteiger partial charge in [-0.1, -0.05) is 13.0 Å². The van der Waals surface area contributed by atoms with Gasteiger partial charge in [0.25, 0.3) is 5.91 Å². The van der Waals surface area contributed by atoms with Crippen molar-refractivity contribution in [3.05, 3.63) is 22.4 Å². The van der Waals surface area contributed by atoms with E-state index in [1.54, 1.807) is 6.07 Å². The first-order chi connectivity index (χ1) is 9.66. The van der Waals surface area contributed by atoms with E-state index in [4.69, 9.17) is 0 Å². The van der Waals surface area contributed by atoms with Crippen LogP contribution in [0.3, 0.4) is 0 Å². The molecule has 0 aliphatic carbocycles. The average Bonchev–Trinajstić information content (AvgIpc) is 2.95. The summed E-state index contributed by atoms with van der Waals surface area (Å²) >= 11 is 1.40. The lowest BCUT2D eigenvalue weighted by Crippen LogP contribution is -2.48. The molecular weight excluding hydrogens is 310 g/mol. The summed E-state index contributed by atoms with van der Waals surface area (Å²) in [5, 5.41) is 11.0. The first kappa shape index (κ1) is 17.9. The van der Waals surface area contributed by atoms with E-state index < -0.39 is 0 Å². The molecule has 1 aromatic heterocycles. The third kappa shape index (κ3) is 5.65. The van der Waals surface area contributed by atoms with E-state index in [9.17, 15) is 9.59 Å². The summed E-state index contributed by atoms with van der Waals surface area (Å²) in [7, 11) is 0. The van der Waals surface area contributed by atoms with Crippen molar-refractivity contribution in [3.63, 3.8) is 0 Å². The van der Waals surface area contributed by atoms with Crippen LogP contribution in [-0.2, 0) is 4.79 Å². The molecule has 7 heteroatoms. The topological polar surface area (TPSA) is 70.2 Å². The number of carbonyl (C=O) groups is 2. The van der Waals surface area contributed by atoms with Crippen molar-refractivity contribution in [2.24, 2.45) is 5.92 Å². The van der Waals surface area contributed by atoms with Crippen LogP contribution >= 0.6 is 23.7 Å². The molecule has 0 radical (unpaired) electrons. The highest BCUT2D eigenvalue weighted by molar-refractivity contribution is 7.12. The maximum Gasteiger partial charge on any atom is 0.261 e. The Morgan fingerprint density at radius 1 is 1.48 bits per heavy atom. The zero-order valence-electron chi connectivity index (χ0n) is 12.1. The molecule has 2 rings (SSSR count). The zero-order chi connectivity index (χ0) is 14.4. The van der Waals surface area contributed by atoms with Crippen LogP contribution in [0.5, 0.6) is 0 Å². The molecule has 1 aromatic rings. The Bertz CT molecular complexity index is 453. The van der Waals surface area contributed by atoms with E-state index in [0.717, 1.165) is 19.5 Å². The molecule has 5 nitrogen and oxygen atoms in total. The molecule has 1 aliphatic rings. The van der Waals surface area contributed by atoms with Crippen LogP contribution in [0.25, 0.3) is 0 Å². The number of hydrogen-bond acceptors (Lipinski definition) is 4. The second-order valence-electron chi connectivity index (χ2n) is 5.13. The van der Waals surface area contributed by atoms with E-state index in [1.807, 2.05) is 11.4 Å². The van der Waals surface area contributed by atoms with Gasteiger partial charge in [-0.05, 0) is 36.9 Å². The highest BCUT2D eigenvalue weighted by Crippen LogP contribution is 2.10. The number of thiophene rings is 1. The summed E-state index contributed by atoms with van der Waals surface area (Å²) in [6, 6.07) is 3.86. The molecule has 2 atom stereocenters. The molecule has 21 heavy (non-hydrogen) atoms. The predicted octanol–water partition coefficient (Wildman–Crippen LogP) is 1.40. The number of halogens is 1. The fourth-order valence-corrected chi connectivity index (χ4v) is 2.93. The van der Waals surface area contributed by atoms with E-state index in [-0.39, 0.29) is 30.3 Å². The standard InChI is InChI=1S/C14H21N3O2S.ClH/c1-10-9-15-6-4-11(10)17-13(18)5-7-16-14(19)12-3-2-8-20-12;/h2-3,8,10-11,15H,4-7,9H2,1H3,(H,16,19)(H,17,18);1H. The third-order valence-electron chi connectivity index (χ3n) is 3.51. The van der Waals surface area contributed by atoms with E-state index >= 15 is 0 Å². The minimum atomic E-state index is -0.108. The number of piperidine rings is 1. The number of carbonyl (C=O) groups excluding carboxylic acids is 2. The average molecular weight is 332 g/mol. The molecule has 2 heterocycles. The van der Waals surface area contributed by atoms with E-state index in [1.165, 1.54) is 11.3 Å². The molecule has 118 valence electrons. The van der Waals surface area contributed by atoms with Crippen LogP contribution in [0, 0.1) is 5.92 Å². The SMILES string of the molecule is CC1CNCCC1NC(=O)CCNC(=O)c1cccs1.Cl. The number of nitrogens with one attached hydrogen (secondary N) is 3. The Hall–Kier alpha value is -1.11. The van der Waals surface area contributed by atoms with Gasteiger partial charge in [0, 0.05) is 19.0 Å². The fourth-order valence-electron chi connectivity index (χ4n) is 2.29. The van der Waals surface area contributed by atoms with Gasteiger partial charge in [0.05, 0.1) is 4.88 Å². The van der Waals surface area contributed by atoms with Crippen molar-refractivity contribution in [2.45, 2.75) is 25.8 Å². The Kier molecular flexibility index (Phi) is 7.71. The lowest BCUT2D eigenvalue weighted by molar-refractivity contribution is -0.122. The monoisotopic (exact) mass is 331 g/mol. The second-order valence-corrected chi connectivity index (χ2v) is 6.07. The summed E-state index contributed by atoms with van der Waals surface area (Å²) in [6.45, 7) is 4.40. The van der Waals surface area contributed by atoms with Gasteiger partial charge < -0.3 is 16.0 Å². The Morgan fingerprint density at radius 3 is 2.95 bits per heavy atom. The van der Waals surface area contributed by atoms with E-state index in [0.29, 0.717) is 23.8 Å². The maximum atomic E-state index is 11.8. The number of hydrogen-bond donors (Lipinski definition) is 3. The second kappa shape index (κ2) is 9.02. The lowest BCUT2D eigenvalue weighted by atomic mass is 9.95. The Labute approximate surface area is 135 Å². The van der Waals surface area contributed by atoms with E-state index in [2.05, 4.69) is 22.9 Å². The van der Waals surface area contributed by atoms with Gasteiger partial charge in [-0.2, -0.15) is 0 Å². The molecule has 2 unspecified atom stereocenters. The van der Waals surface area contributed by atoms with Crippen molar-refractivity contribution in [1.29, 1.82) is 0 Å². The molecular formula is C14H22ClN3O2S. The third-order valence-corrected chi connectivity index (χ3v) is 4.38. The molecule has 0 saturated carbocycles. The molecule has 1 saturated heterocycles. The number of amides is 2. The first-order valence-corrected chi connectivity index (χ1v) is 7.86. The fraction of sp³-hybridized carbons (Fsp3) is 0.571. The van der Waals surface area contributed by atoms with Gasteiger partial charge in [0.1, 0.15) is 0 Å². The van der Waals surface area contributed by atoms with Gasteiger partial charge in [0.2, 0.25) is 5.91 Å². The molecule has 1 fully saturated rings. The first-order valence-electron chi connectivity index (χ1n) is 6.98. The number of rotatable bonds is 5. The van der Waals surface area contributed by atoms with Crippen molar-refractivity contribution in [3.8, 4) is 0 Å². The Morgan fingerprint density at radius 2 is 2.29 bits per heavy atom. The molecule has 0 spiro atoms. The summed E-state index contributed by atoms with van der Waals surface area (Å²) in [5.74, 6) is 0.353. The van der Waals surface area contributed by atoms with Crippen LogP contribution in [0.15, 0.2) is 17.5 Å². The summed E-state index contributed by atoms with van der Waals surface area (Å²) in [5.41, 5.74) is 0. The van der Waals surface area contributed by atoms with Crippen LogP contribution in [0.4, 0.5) is 0 Å². The van der Waals surface area contributed by atoms with Crippen molar-refractivity contribution < 1.29 is 9.59 Å². The predicted molar refractivity (Wildman–Crippen MR) is 87.1 cm³/mol. The quantitative estimate of drug-likeness (QED) is 0.764. The van der Waals surface area contributed by atoms with Gasteiger partial charge >= 0.3 is 0 Å². The van der Waals surface area contributed by atoms with Crippen molar-refractivity contribution in [2.75, 3.05) is 19.6 Å². The van der Waals surface area contributed by atoms with Crippen LogP contribution in [0.2, 0.25) is 0 Å². The molecule has 3 N–H and O–H groups in total. The molecule has 0 bridgehead atoms. The van der Waals surface area contributed by atoms with Gasteiger partial charge in [-0.15, -0.1) is 23.7 Å². The van der Waals surface area contributed by atoms with Gasteiger partial charge in [-0.25, -0.2) is 0 Å². The lowest BCUT2D eigenvalue weighted by Gasteiger charge is -2.30. The van der Waals surface area contributed by atoms with Crippen molar-refractivity contribution >= 4 is 35.6 Å². The minimum absolute atomic E-state index is 0. The van der Waals surface area contributed by atoms with Crippen LogP contribution in [-0.4, -0.2) is 37.5 Å². The summed E-state index contributed by atoms with van der Waals surface area (Å²) in [6.07, 6.45) is 1.29. The highest BCUT2D eigenvalue weighted by atomic mass is 35.5. The minimum Gasteiger partial charge on any atom is -0.353 e. The normalized spacial score (nSPS) is 21.2. The Balaban J connectivity index is 0.00000220.